The Labute approximate surface area is 136 Å². The lowest BCUT2D eigenvalue weighted by molar-refractivity contribution is -0.0137. The van der Waals surface area contributed by atoms with Crippen molar-refractivity contribution in [2.75, 3.05) is 32.5 Å². The summed E-state index contributed by atoms with van der Waals surface area (Å²) in [5.41, 5.74) is 0.582. The Morgan fingerprint density at radius 2 is 2.23 bits per heavy atom. The summed E-state index contributed by atoms with van der Waals surface area (Å²) >= 11 is 1.68. The lowest BCUT2D eigenvalue weighted by atomic mass is 9.70. The van der Waals surface area contributed by atoms with Crippen molar-refractivity contribution >= 4 is 17.7 Å². The van der Waals surface area contributed by atoms with E-state index >= 15 is 0 Å². The average Bonchev–Trinajstić information content (AvgIpc) is 2.60. The number of piperidine rings is 2. The van der Waals surface area contributed by atoms with E-state index in [1.807, 2.05) is 35.4 Å². The van der Waals surface area contributed by atoms with Crippen LogP contribution in [0.25, 0.3) is 0 Å². The lowest BCUT2D eigenvalue weighted by Crippen LogP contribution is -2.62. The maximum absolute atomic E-state index is 12.7. The number of nitrogens with zero attached hydrogens (tertiary/aromatic N) is 1. The Balaban J connectivity index is 1.75. The van der Waals surface area contributed by atoms with Crippen LogP contribution in [0.2, 0.25) is 0 Å². The molecule has 3 rings (SSSR count). The fourth-order valence-corrected chi connectivity index (χ4v) is 4.19. The third-order valence-corrected chi connectivity index (χ3v) is 5.86. The molecule has 0 aromatic heterocycles. The van der Waals surface area contributed by atoms with E-state index in [-0.39, 0.29) is 17.9 Å². The Hall–Kier alpha value is -1.04. The number of amides is 1. The number of likely N-dealkylation sites (tertiary alicyclic amines) is 1. The first-order valence-corrected chi connectivity index (χ1v) is 9.18. The first-order valence-electron chi connectivity index (χ1n) is 7.96. The van der Waals surface area contributed by atoms with Gasteiger partial charge in [-0.1, -0.05) is 0 Å². The predicted molar refractivity (Wildman–Crippen MR) is 89.3 cm³/mol. The van der Waals surface area contributed by atoms with E-state index in [0.29, 0.717) is 12.6 Å². The molecule has 22 heavy (non-hydrogen) atoms. The first-order chi connectivity index (χ1) is 10.7. The van der Waals surface area contributed by atoms with Gasteiger partial charge in [-0.3, -0.25) is 4.79 Å². The van der Waals surface area contributed by atoms with E-state index in [4.69, 9.17) is 0 Å². The van der Waals surface area contributed by atoms with E-state index in [2.05, 4.69) is 5.32 Å². The zero-order valence-corrected chi connectivity index (χ0v) is 13.9. The highest BCUT2D eigenvalue weighted by Gasteiger charge is 2.45. The van der Waals surface area contributed by atoms with Crippen molar-refractivity contribution in [1.29, 1.82) is 0 Å². The number of fused-ring (bicyclic) bond motifs is 1. The van der Waals surface area contributed by atoms with E-state index in [1.54, 1.807) is 11.8 Å². The minimum absolute atomic E-state index is 0.0875. The Morgan fingerprint density at radius 1 is 1.45 bits per heavy atom. The van der Waals surface area contributed by atoms with Crippen molar-refractivity contribution < 1.29 is 9.90 Å². The number of benzene rings is 1. The molecule has 5 heteroatoms. The van der Waals surface area contributed by atoms with Gasteiger partial charge in [-0.2, -0.15) is 0 Å². The second-order valence-electron chi connectivity index (χ2n) is 6.37. The van der Waals surface area contributed by atoms with E-state index in [0.717, 1.165) is 37.9 Å². The smallest absolute Gasteiger partial charge is 0.253 e. The van der Waals surface area contributed by atoms with Crippen LogP contribution < -0.4 is 5.32 Å². The second-order valence-corrected chi connectivity index (χ2v) is 7.25. The molecule has 2 saturated heterocycles. The van der Waals surface area contributed by atoms with E-state index < -0.39 is 0 Å². The lowest BCUT2D eigenvalue weighted by Gasteiger charge is -2.50. The average molecular weight is 320 g/mol. The van der Waals surface area contributed by atoms with Crippen molar-refractivity contribution in [3.05, 3.63) is 29.8 Å². The predicted octanol–water partition coefficient (Wildman–Crippen LogP) is 1.99. The number of carbonyl (C=O) groups is 1. The highest BCUT2D eigenvalue weighted by atomic mass is 32.2. The van der Waals surface area contributed by atoms with Crippen molar-refractivity contribution in [3.8, 4) is 0 Å². The van der Waals surface area contributed by atoms with E-state index in [1.165, 1.54) is 4.90 Å². The fourth-order valence-electron chi connectivity index (χ4n) is 3.78. The van der Waals surface area contributed by atoms with Gasteiger partial charge in [0.15, 0.2) is 0 Å². The van der Waals surface area contributed by atoms with Crippen molar-refractivity contribution in [2.24, 2.45) is 5.41 Å². The minimum Gasteiger partial charge on any atom is -0.396 e. The van der Waals surface area contributed by atoms with Gasteiger partial charge in [0, 0.05) is 35.0 Å². The van der Waals surface area contributed by atoms with Gasteiger partial charge in [-0.05, 0) is 56.3 Å². The molecule has 120 valence electrons. The molecule has 2 aliphatic rings. The van der Waals surface area contributed by atoms with Gasteiger partial charge in [0.2, 0.25) is 0 Å². The van der Waals surface area contributed by atoms with Gasteiger partial charge >= 0.3 is 0 Å². The summed E-state index contributed by atoms with van der Waals surface area (Å²) in [7, 11) is 0. The molecule has 0 saturated carbocycles. The molecule has 1 aromatic rings. The number of carbonyl (C=O) groups excluding carboxylic acids is 1. The van der Waals surface area contributed by atoms with Crippen LogP contribution in [-0.2, 0) is 0 Å². The topological polar surface area (TPSA) is 52.6 Å². The number of nitrogens with one attached hydrogen (secondary N) is 1. The number of hydrogen-bond acceptors (Lipinski definition) is 4. The van der Waals surface area contributed by atoms with Crippen molar-refractivity contribution in [2.45, 2.75) is 30.2 Å². The van der Waals surface area contributed by atoms with Gasteiger partial charge < -0.3 is 15.3 Å². The molecule has 0 radical (unpaired) electrons. The highest BCUT2D eigenvalue weighted by Crippen LogP contribution is 2.37. The van der Waals surface area contributed by atoms with Crippen LogP contribution in [0.4, 0.5) is 0 Å². The summed E-state index contributed by atoms with van der Waals surface area (Å²) in [5.74, 6) is 0.0875. The van der Waals surface area contributed by atoms with Crippen molar-refractivity contribution in [1.82, 2.24) is 10.2 Å². The van der Waals surface area contributed by atoms with Crippen LogP contribution in [-0.4, -0.2) is 54.5 Å². The van der Waals surface area contributed by atoms with Gasteiger partial charge in [0.25, 0.3) is 5.91 Å². The highest BCUT2D eigenvalue weighted by molar-refractivity contribution is 7.98. The van der Waals surface area contributed by atoms with Crippen LogP contribution in [0.5, 0.6) is 0 Å². The third-order valence-electron chi connectivity index (χ3n) is 5.11. The monoisotopic (exact) mass is 320 g/mol. The van der Waals surface area contributed by atoms with Crippen LogP contribution in [0.3, 0.4) is 0 Å². The van der Waals surface area contributed by atoms with Gasteiger partial charge in [-0.15, -0.1) is 11.8 Å². The Bertz CT molecular complexity index is 534. The molecule has 1 amide bonds. The molecule has 2 atom stereocenters. The molecule has 1 aromatic carbocycles. The molecule has 2 N–H and O–H groups in total. The number of rotatable bonds is 3. The Morgan fingerprint density at radius 3 is 2.91 bits per heavy atom. The molecular formula is C17H24N2O2S. The van der Waals surface area contributed by atoms with Gasteiger partial charge in [0.05, 0.1) is 6.61 Å². The molecule has 0 spiro atoms. The summed E-state index contributed by atoms with van der Waals surface area (Å²) in [6, 6.07) is 8.15. The van der Waals surface area contributed by atoms with Crippen LogP contribution in [0.1, 0.15) is 29.6 Å². The molecule has 4 nitrogen and oxygen atoms in total. The molecule has 0 bridgehead atoms. The largest absolute Gasteiger partial charge is 0.396 e. The van der Waals surface area contributed by atoms with Crippen LogP contribution >= 0.6 is 11.8 Å². The van der Waals surface area contributed by atoms with Gasteiger partial charge in [0.1, 0.15) is 0 Å². The summed E-state index contributed by atoms with van der Waals surface area (Å²) in [6.07, 6.45) is 5.02. The quantitative estimate of drug-likeness (QED) is 0.836. The zero-order chi connectivity index (χ0) is 15.6. The maximum atomic E-state index is 12.7. The summed E-state index contributed by atoms with van der Waals surface area (Å²) in [4.78, 5) is 15.8. The number of aliphatic hydroxyl groups excluding tert-OH is 1. The van der Waals surface area contributed by atoms with Crippen LogP contribution in [0.15, 0.2) is 29.2 Å². The Kier molecular flexibility index (Phi) is 4.76. The zero-order valence-electron chi connectivity index (χ0n) is 13.0. The molecule has 0 unspecified atom stereocenters. The number of aliphatic hydroxyl groups is 1. The van der Waals surface area contributed by atoms with E-state index in [9.17, 15) is 9.90 Å². The third kappa shape index (κ3) is 2.90. The molecular weight excluding hydrogens is 296 g/mol. The molecule has 2 fully saturated rings. The molecule has 2 heterocycles. The van der Waals surface area contributed by atoms with Crippen LogP contribution in [0, 0.1) is 5.41 Å². The number of thioether (sulfide) groups is 1. The molecule has 0 aliphatic carbocycles. The maximum Gasteiger partial charge on any atom is 0.253 e. The summed E-state index contributed by atoms with van der Waals surface area (Å²) in [6.45, 7) is 2.60. The summed E-state index contributed by atoms with van der Waals surface area (Å²) in [5, 5.41) is 13.5. The normalized spacial score (nSPS) is 28.3. The van der Waals surface area contributed by atoms with Crippen molar-refractivity contribution in [3.63, 3.8) is 0 Å². The SMILES string of the molecule is CSc1ccc(C(=O)N2CC[C@H]3NCCC[C@]3(CO)C2)cc1. The second kappa shape index (κ2) is 6.60. The number of hydrogen-bond donors (Lipinski definition) is 2. The summed E-state index contributed by atoms with van der Waals surface area (Å²) < 4.78 is 0. The first kappa shape index (κ1) is 15.8. The fraction of sp³-hybridized carbons (Fsp3) is 0.588. The minimum atomic E-state index is -0.161. The molecule has 2 aliphatic heterocycles. The standard InChI is InChI=1S/C17H24N2O2S/c1-22-14-5-3-13(4-6-14)16(21)19-10-7-15-17(11-19,12-20)8-2-9-18-15/h3-6,15,18,20H,2,7-12H2,1H3/t15-,17-/m1/s1. The van der Waals surface area contributed by atoms with Gasteiger partial charge in [-0.25, -0.2) is 0 Å².